The summed E-state index contributed by atoms with van der Waals surface area (Å²) >= 11 is 0. The number of hydrogen-bond acceptors (Lipinski definition) is 2. The molecule has 4 aromatic rings. The summed E-state index contributed by atoms with van der Waals surface area (Å²) < 4.78 is 11.4. The molecule has 4 nitrogen and oxygen atoms in total. The van der Waals surface area contributed by atoms with E-state index in [1.807, 2.05) is 42.5 Å². The molecule has 0 aromatic heterocycles. The third-order valence-corrected chi connectivity index (χ3v) is 5.14. The van der Waals surface area contributed by atoms with Crippen LogP contribution in [0.1, 0.15) is 5.56 Å². The quantitative estimate of drug-likeness (QED) is 0.318. The summed E-state index contributed by atoms with van der Waals surface area (Å²) in [4.78, 5) is 18.6. The zero-order valence-electron chi connectivity index (χ0n) is 12.5. The Hall–Kier alpha value is -2.70. The van der Waals surface area contributed by atoms with Gasteiger partial charge in [0.15, 0.2) is 0 Å². The van der Waals surface area contributed by atoms with Crippen molar-refractivity contribution in [1.29, 1.82) is 5.26 Å². The van der Waals surface area contributed by atoms with Gasteiger partial charge in [0.1, 0.15) is 11.4 Å². The molecule has 0 unspecified atom stereocenters. The lowest BCUT2D eigenvalue weighted by Crippen LogP contribution is -1.88. The molecule has 0 atom stereocenters. The minimum Gasteiger partial charge on any atom is -0.321 e. The predicted octanol–water partition coefficient (Wildman–Crippen LogP) is 4.63. The number of benzene rings is 4. The molecule has 4 rings (SSSR count). The van der Waals surface area contributed by atoms with Crippen LogP contribution in [0.2, 0.25) is 0 Å². The third-order valence-electron chi connectivity index (χ3n) is 4.28. The molecular weight excluding hydrogens is 321 g/mol. The minimum atomic E-state index is -4.59. The zero-order chi connectivity index (χ0) is 16.9. The van der Waals surface area contributed by atoms with Crippen LogP contribution in [0.5, 0.6) is 0 Å². The smallest absolute Gasteiger partial charge is 0.321 e. The fourth-order valence-electron chi connectivity index (χ4n) is 3.21. The van der Waals surface area contributed by atoms with Crippen molar-refractivity contribution in [3.63, 3.8) is 0 Å². The highest BCUT2D eigenvalue weighted by Gasteiger charge is 2.21. The van der Waals surface area contributed by atoms with Gasteiger partial charge in [-0.1, -0.05) is 54.6 Å². The molecule has 0 heterocycles. The summed E-state index contributed by atoms with van der Waals surface area (Å²) in [6.45, 7) is 0. The second-order valence-electron chi connectivity index (χ2n) is 5.70. The molecule has 4 aromatic carbocycles. The van der Waals surface area contributed by atoms with Gasteiger partial charge in [0, 0.05) is 0 Å². The first-order valence-electron chi connectivity index (χ1n) is 7.33. The van der Waals surface area contributed by atoms with Gasteiger partial charge in [0.25, 0.3) is 0 Å². The Labute approximate surface area is 137 Å². The fourth-order valence-corrected chi connectivity index (χ4v) is 3.65. The van der Waals surface area contributed by atoms with E-state index in [-0.39, 0.29) is 0 Å². The van der Waals surface area contributed by atoms with Crippen molar-refractivity contribution in [3.8, 4) is 6.07 Å². The molecule has 0 radical (unpaired) electrons. The Morgan fingerprint density at radius 3 is 2.12 bits per heavy atom. The SMILES string of the molecule is N#C/C(=C\c1ccc2ccc3cccc4ccc1c2c34)P(=O)(O)O. The van der Waals surface area contributed by atoms with Gasteiger partial charge in [-0.3, -0.25) is 4.57 Å². The van der Waals surface area contributed by atoms with Gasteiger partial charge in [-0.05, 0) is 44.0 Å². The van der Waals surface area contributed by atoms with Crippen LogP contribution < -0.4 is 0 Å². The van der Waals surface area contributed by atoms with E-state index in [4.69, 9.17) is 5.26 Å². The molecule has 116 valence electrons. The average Bonchev–Trinajstić information content (AvgIpc) is 2.57. The van der Waals surface area contributed by atoms with E-state index in [1.165, 1.54) is 6.08 Å². The van der Waals surface area contributed by atoms with Gasteiger partial charge in [0.05, 0.1) is 0 Å². The number of nitrogens with zero attached hydrogens (tertiary/aromatic N) is 1. The van der Waals surface area contributed by atoms with Crippen molar-refractivity contribution in [2.75, 3.05) is 0 Å². The molecule has 0 aliphatic rings. The molecule has 0 aliphatic carbocycles. The van der Waals surface area contributed by atoms with Gasteiger partial charge in [-0.25, -0.2) is 0 Å². The highest BCUT2D eigenvalue weighted by Crippen LogP contribution is 2.46. The molecule has 0 saturated heterocycles. The molecule has 0 spiro atoms. The Morgan fingerprint density at radius 1 is 0.917 bits per heavy atom. The van der Waals surface area contributed by atoms with Crippen molar-refractivity contribution < 1.29 is 14.4 Å². The average molecular weight is 333 g/mol. The zero-order valence-corrected chi connectivity index (χ0v) is 13.4. The minimum absolute atomic E-state index is 0.530. The van der Waals surface area contributed by atoms with Crippen LogP contribution in [0, 0.1) is 11.3 Å². The van der Waals surface area contributed by atoms with E-state index in [1.54, 1.807) is 12.1 Å². The van der Waals surface area contributed by atoms with Crippen LogP contribution in [0.4, 0.5) is 0 Å². The second kappa shape index (κ2) is 5.15. The van der Waals surface area contributed by atoms with Crippen molar-refractivity contribution in [2.24, 2.45) is 0 Å². The number of nitriles is 1. The van der Waals surface area contributed by atoms with Crippen LogP contribution in [0.15, 0.2) is 59.9 Å². The standard InChI is InChI=1S/C19H12NO3P/c20-11-16(24(21,22)23)10-15-7-6-14-5-4-12-2-1-3-13-8-9-17(15)19(14)18(12)13/h1-10H,(H2,21,22,23)/b16-10+. The summed E-state index contributed by atoms with van der Waals surface area (Å²) in [5.74, 6) is 0. The molecule has 0 saturated carbocycles. The summed E-state index contributed by atoms with van der Waals surface area (Å²) in [5, 5.41) is 14.8. The van der Waals surface area contributed by atoms with Crippen LogP contribution in [0.3, 0.4) is 0 Å². The maximum Gasteiger partial charge on any atom is 0.366 e. The van der Waals surface area contributed by atoms with Gasteiger partial charge in [-0.2, -0.15) is 5.26 Å². The Bertz CT molecular complexity index is 1200. The van der Waals surface area contributed by atoms with Crippen LogP contribution >= 0.6 is 7.60 Å². The molecule has 0 aliphatic heterocycles. The summed E-state index contributed by atoms with van der Waals surface area (Å²) in [6.07, 6.45) is 1.28. The first-order valence-corrected chi connectivity index (χ1v) is 8.95. The van der Waals surface area contributed by atoms with Gasteiger partial charge >= 0.3 is 7.60 Å². The first-order chi connectivity index (χ1) is 11.5. The maximum absolute atomic E-state index is 11.4. The highest BCUT2D eigenvalue weighted by atomic mass is 31.2. The van der Waals surface area contributed by atoms with Crippen LogP contribution in [-0.4, -0.2) is 9.79 Å². The summed E-state index contributed by atoms with van der Waals surface area (Å²) in [6, 6.07) is 19.4. The van der Waals surface area contributed by atoms with Gasteiger partial charge < -0.3 is 9.79 Å². The van der Waals surface area contributed by atoms with Crippen molar-refractivity contribution >= 4 is 46.0 Å². The van der Waals surface area contributed by atoms with Crippen LogP contribution in [-0.2, 0) is 4.57 Å². The molecule has 2 N–H and O–H groups in total. The Balaban J connectivity index is 2.14. The van der Waals surface area contributed by atoms with Crippen molar-refractivity contribution in [2.45, 2.75) is 0 Å². The normalized spacial score (nSPS) is 13.0. The summed E-state index contributed by atoms with van der Waals surface area (Å²) in [7, 11) is -4.59. The monoisotopic (exact) mass is 333 g/mol. The van der Waals surface area contributed by atoms with E-state index in [0.29, 0.717) is 5.56 Å². The number of rotatable bonds is 2. The molecule has 0 bridgehead atoms. The molecule has 0 fully saturated rings. The summed E-state index contributed by atoms with van der Waals surface area (Å²) in [5.41, 5.74) is 0.626. The van der Waals surface area contributed by atoms with Crippen molar-refractivity contribution in [1.82, 2.24) is 0 Å². The topological polar surface area (TPSA) is 81.3 Å². The number of allylic oxidation sites excluding steroid dienone is 1. The van der Waals surface area contributed by atoms with E-state index >= 15 is 0 Å². The largest absolute Gasteiger partial charge is 0.366 e. The maximum atomic E-state index is 11.4. The molecule has 5 heteroatoms. The second-order valence-corrected chi connectivity index (χ2v) is 7.27. The third kappa shape index (κ3) is 2.19. The van der Waals surface area contributed by atoms with Crippen molar-refractivity contribution in [3.05, 3.63) is 65.5 Å². The molecule has 0 amide bonds. The van der Waals surface area contributed by atoms with E-state index in [0.717, 1.165) is 32.3 Å². The van der Waals surface area contributed by atoms with E-state index in [9.17, 15) is 14.4 Å². The van der Waals surface area contributed by atoms with Gasteiger partial charge in [0.2, 0.25) is 0 Å². The predicted molar refractivity (Wildman–Crippen MR) is 95.8 cm³/mol. The fraction of sp³-hybridized carbons (Fsp3) is 0. The molecule has 24 heavy (non-hydrogen) atoms. The Morgan fingerprint density at radius 2 is 1.50 bits per heavy atom. The van der Waals surface area contributed by atoms with E-state index < -0.39 is 12.9 Å². The van der Waals surface area contributed by atoms with Gasteiger partial charge in [-0.15, -0.1) is 0 Å². The number of hydrogen-bond donors (Lipinski definition) is 2. The van der Waals surface area contributed by atoms with Crippen LogP contribution in [0.25, 0.3) is 38.4 Å². The highest BCUT2D eigenvalue weighted by molar-refractivity contribution is 7.57. The lowest BCUT2D eigenvalue weighted by atomic mass is 9.92. The first kappa shape index (κ1) is 14.9. The lowest BCUT2D eigenvalue weighted by Gasteiger charge is -2.12. The molecular formula is C19H12NO3P. The van der Waals surface area contributed by atoms with E-state index in [2.05, 4.69) is 6.07 Å². The Kier molecular flexibility index (Phi) is 3.19. The lowest BCUT2D eigenvalue weighted by molar-refractivity contribution is 0.384.